The van der Waals surface area contributed by atoms with Gasteiger partial charge in [0.1, 0.15) is 16.6 Å². The number of hydrogen-bond acceptors (Lipinski definition) is 4. The summed E-state index contributed by atoms with van der Waals surface area (Å²) >= 11 is 4.89. The molecule has 0 amide bonds. The molecule has 2 aromatic rings. The molecule has 0 saturated carbocycles. The van der Waals surface area contributed by atoms with Gasteiger partial charge >= 0.3 is 0 Å². The van der Waals surface area contributed by atoms with E-state index in [-0.39, 0.29) is 0 Å². The highest BCUT2D eigenvalue weighted by Crippen LogP contribution is 2.23. The Balaban J connectivity index is 2.19. The fourth-order valence-electron chi connectivity index (χ4n) is 1.65. The fourth-order valence-corrected chi connectivity index (χ4v) is 1.78. The van der Waals surface area contributed by atoms with Crippen LogP contribution in [0.3, 0.4) is 0 Å². The van der Waals surface area contributed by atoms with Gasteiger partial charge in [-0.05, 0) is 42.8 Å². The van der Waals surface area contributed by atoms with Gasteiger partial charge in [0.2, 0.25) is 0 Å². The molecule has 19 heavy (non-hydrogen) atoms. The van der Waals surface area contributed by atoms with Crippen molar-refractivity contribution in [3.63, 3.8) is 0 Å². The Morgan fingerprint density at radius 2 is 2.11 bits per heavy atom. The number of anilines is 2. The second kappa shape index (κ2) is 5.67. The monoisotopic (exact) mass is 273 g/mol. The molecule has 0 saturated heterocycles. The van der Waals surface area contributed by atoms with Crippen molar-refractivity contribution in [2.45, 2.75) is 6.92 Å². The third kappa shape index (κ3) is 3.20. The maximum absolute atomic E-state index is 5.53. The van der Waals surface area contributed by atoms with E-state index >= 15 is 0 Å². The lowest BCUT2D eigenvalue weighted by atomic mass is 10.2. The molecule has 0 bridgehead atoms. The quantitative estimate of drug-likeness (QED) is 0.839. The van der Waals surface area contributed by atoms with E-state index in [1.165, 1.54) is 0 Å². The second-order valence-corrected chi connectivity index (χ2v) is 4.54. The number of nitrogens with two attached hydrogens (primary N) is 1. The Kier molecular flexibility index (Phi) is 3.97. The summed E-state index contributed by atoms with van der Waals surface area (Å²) in [5.74, 6) is 1.58. The first-order valence-corrected chi connectivity index (χ1v) is 6.18. The average Bonchev–Trinajstić information content (AvgIpc) is 2.41. The van der Waals surface area contributed by atoms with Crippen LogP contribution < -0.4 is 15.8 Å². The molecular weight excluding hydrogens is 258 g/mol. The minimum absolute atomic E-state index is 0.347. The normalized spacial score (nSPS) is 10.0. The van der Waals surface area contributed by atoms with Crippen molar-refractivity contribution in [1.82, 2.24) is 4.98 Å². The maximum atomic E-state index is 5.53. The number of methoxy groups -OCH3 is 1. The number of aromatic nitrogens is 1. The van der Waals surface area contributed by atoms with E-state index in [4.69, 9.17) is 22.7 Å². The molecule has 0 aliphatic heterocycles. The minimum atomic E-state index is 0.347. The van der Waals surface area contributed by atoms with Crippen LogP contribution in [-0.2, 0) is 0 Å². The highest BCUT2D eigenvalue weighted by Gasteiger charge is 2.02. The summed E-state index contributed by atoms with van der Waals surface area (Å²) in [6.07, 6.45) is 1.66. The topological polar surface area (TPSA) is 60.2 Å². The molecule has 1 aromatic heterocycles. The Morgan fingerprint density at radius 1 is 1.32 bits per heavy atom. The number of hydrogen-bond donors (Lipinski definition) is 2. The molecule has 3 N–H and O–H groups in total. The van der Waals surface area contributed by atoms with Crippen LogP contribution in [0.15, 0.2) is 36.5 Å². The first-order chi connectivity index (χ1) is 9.10. The van der Waals surface area contributed by atoms with Crippen molar-refractivity contribution in [2.75, 3.05) is 12.4 Å². The third-order valence-corrected chi connectivity index (χ3v) is 2.98. The van der Waals surface area contributed by atoms with E-state index in [9.17, 15) is 0 Å². The fraction of sp³-hybridized carbons (Fsp3) is 0.143. The number of pyridine rings is 1. The highest BCUT2D eigenvalue weighted by molar-refractivity contribution is 7.80. The molecule has 0 aliphatic rings. The lowest BCUT2D eigenvalue weighted by Gasteiger charge is -2.10. The number of benzene rings is 1. The zero-order chi connectivity index (χ0) is 13.8. The van der Waals surface area contributed by atoms with Gasteiger partial charge < -0.3 is 15.8 Å². The molecular formula is C14H15N3OS. The summed E-state index contributed by atoms with van der Waals surface area (Å²) in [5, 5.41) is 3.24. The molecule has 0 atom stereocenters. The Bertz CT molecular complexity index is 596. The van der Waals surface area contributed by atoms with Crippen LogP contribution in [0.4, 0.5) is 11.5 Å². The van der Waals surface area contributed by atoms with Gasteiger partial charge in [-0.25, -0.2) is 4.98 Å². The predicted molar refractivity (Wildman–Crippen MR) is 81.1 cm³/mol. The Hall–Kier alpha value is -2.14. The summed E-state index contributed by atoms with van der Waals surface area (Å²) in [5.41, 5.74) is 8.35. The van der Waals surface area contributed by atoms with Gasteiger partial charge in [-0.15, -0.1) is 0 Å². The molecule has 2 rings (SSSR count). The van der Waals surface area contributed by atoms with Crippen LogP contribution >= 0.6 is 12.2 Å². The molecule has 0 aliphatic carbocycles. The van der Waals surface area contributed by atoms with Crippen molar-refractivity contribution in [1.29, 1.82) is 0 Å². The summed E-state index contributed by atoms with van der Waals surface area (Å²) in [4.78, 5) is 4.62. The van der Waals surface area contributed by atoms with Gasteiger partial charge in [-0.1, -0.05) is 12.2 Å². The molecule has 0 radical (unpaired) electrons. The Morgan fingerprint density at radius 3 is 2.63 bits per heavy atom. The molecule has 5 heteroatoms. The van der Waals surface area contributed by atoms with Gasteiger partial charge in [0, 0.05) is 17.4 Å². The molecule has 98 valence electrons. The summed E-state index contributed by atoms with van der Waals surface area (Å²) in [6.45, 7) is 2.01. The van der Waals surface area contributed by atoms with Crippen LogP contribution in [0.1, 0.15) is 11.1 Å². The zero-order valence-corrected chi connectivity index (χ0v) is 11.6. The van der Waals surface area contributed by atoms with E-state index in [0.29, 0.717) is 4.99 Å². The molecule has 1 heterocycles. The molecule has 4 nitrogen and oxygen atoms in total. The van der Waals surface area contributed by atoms with Crippen LogP contribution in [0.2, 0.25) is 0 Å². The van der Waals surface area contributed by atoms with E-state index in [2.05, 4.69) is 10.3 Å². The van der Waals surface area contributed by atoms with Crippen molar-refractivity contribution in [2.24, 2.45) is 5.73 Å². The number of thiocarbonyl (C=S) groups is 1. The first-order valence-electron chi connectivity index (χ1n) is 5.77. The smallest absolute Gasteiger partial charge is 0.130 e. The second-order valence-electron chi connectivity index (χ2n) is 4.10. The van der Waals surface area contributed by atoms with Crippen molar-refractivity contribution in [3.8, 4) is 5.75 Å². The standard InChI is InChI=1S/C14H15N3OS/c1-9-7-11(18-2)4-5-12(9)17-13-6-3-10(8-16-13)14(15)19/h3-8H,1-2H3,(H2,15,19)(H,16,17). The number of nitrogens with zero attached hydrogens (tertiary/aromatic N) is 1. The van der Waals surface area contributed by atoms with Crippen molar-refractivity contribution in [3.05, 3.63) is 47.7 Å². The molecule has 0 spiro atoms. The number of ether oxygens (including phenoxy) is 1. The minimum Gasteiger partial charge on any atom is -0.497 e. The number of aryl methyl sites for hydroxylation is 1. The van der Waals surface area contributed by atoms with Gasteiger partial charge in [0.25, 0.3) is 0 Å². The van der Waals surface area contributed by atoms with Crippen molar-refractivity contribution >= 4 is 28.7 Å². The van der Waals surface area contributed by atoms with E-state index in [1.54, 1.807) is 13.3 Å². The third-order valence-electron chi connectivity index (χ3n) is 2.74. The summed E-state index contributed by atoms with van der Waals surface area (Å²) < 4.78 is 5.17. The zero-order valence-electron chi connectivity index (χ0n) is 10.8. The summed E-state index contributed by atoms with van der Waals surface area (Å²) in [6, 6.07) is 9.51. The largest absolute Gasteiger partial charge is 0.497 e. The van der Waals surface area contributed by atoms with E-state index in [1.807, 2.05) is 37.3 Å². The molecule has 0 unspecified atom stereocenters. The maximum Gasteiger partial charge on any atom is 0.130 e. The number of rotatable bonds is 4. The predicted octanol–water partition coefficient (Wildman–Crippen LogP) is 2.78. The van der Waals surface area contributed by atoms with Gasteiger partial charge in [-0.3, -0.25) is 0 Å². The first kappa shape index (κ1) is 13.3. The Labute approximate surface area is 117 Å². The molecule has 1 aromatic carbocycles. The van der Waals surface area contributed by atoms with Gasteiger partial charge in [0.15, 0.2) is 0 Å². The highest BCUT2D eigenvalue weighted by atomic mass is 32.1. The molecule has 0 fully saturated rings. The van der Waals surface area contributed by atoms with Crippen LogP contribution in [0, 0.1) is 6.92 Å². The lowest BCUT2D eigenvalue weighted by Crippen LogP contribution is -2.09. The van der Waals surface area contributed by atoms with E-state index < -0.39 is 0 Å². The summed E-state index contributed by atoms with van der Waals surface area (Å²) in [7, 11) is 1.65. The number of nitrogens with one attached hydrogen (secondary N) is 1. The van der Waals surface area contributed by atoms with Crippen molar-refractivity contribution < 1.29 is 4.74 Å². The lowest BCUT2D eigenvalue weighted by molar-refractivity contribution is 0.414. The van der Waals surface area contributed by atoms with E-state index in [0.717, 1.165) is 28.4 Å². The van der Waals surface area contributed by atoms with Gasteiger partial charge in [-0.2, -0.15) is 0 Å². The van der Waals surface area contributed by atoms with Crippen LogP contribution in [-0.4, -0.2) is 17.1 Å². The average molecular weight is 273 g/mol. The van der Waals surface area contributed by atoms with Gasteiger partial charge in [0.05, 0.1) is 7.11 Å². The van der Waals surface area contributed by atoms with Crippen LogP contribution in [0.25, 0.3) is 0 Å². The SMILES string of the molecule is COc1ccc(Nc2ccc(C(N)=S)cn2)c(C)c1. The van der Waals surface area contributed by atoms with Crippen LogP contribution in [0.5, 0.6) is 5.75 Å².